The van der Waals surface area contributed by atoms with Crippen LogP contribution in [0.1, 0.15) is 0 Å². The molecule has 0 amide bonds. The Bertz CT molecular complexity index is 1870. The van der Waals surface area contributed by atoms with E-state index < -0.39 is 23.8 Å². The van der Waals surface area contributed by atoms with E-state index in [1.165, 1.54) is 47.7 Å². The van der Waals surface area contributed by atoms with E-state index in [9.17, 15) is 0 Å². The van der Waals surface area contributed by atoms with Crippen molar-refractivity contribution in [3.63, 3.8) is 0 Å². The smallest absolute Gasteiger partial charge is 0 e. The molecule has 0 saturated carbocycles. The van der Waals surface area contributed by atoms with Crippen LogP contribution >= 0.6 is 23.8 Å². The topological polar surface area (TPSA) is 0 Å². The third-order valence-electron chi connectivity index (χ3n) is 9.13. The maximum Gasteiger partial charge on any atom is 0 e. The van der Waals surface area contributed by atoms with Gasteiger partial charge in [-0.05, 0) is 71.5 Å². The van der Waals surface area contributed by atoms with Gasteiger partial charge >= 0.3 is 0 Å². The summed E-state index contributed by atoms with van der Waals surface area (Å²) in [6.07, 6.45) is 0. The van der Waals surface area contributed by atoms with Gasteiger partial charge < -0.3 is 24.8 Å². The van der Waals surface area contributed by atoms with E-state index in [1.54, 1.807) is 0 Å². The Labute approximate surface area is 386 Å². The van der Waals surface area contributed by atoms with Crippen LogP contribution in [0.3, 0.4) is 0 Å². The molecule has 9 aromatic rings. The summed E-state index contributed by atoms with van der Waals surface area (Å²) in [5.41, 5.74) is 0. The molecule has 9 aromatic carbocycles. The second-order valence-corrected chi connectivity index (χ2v) is 19.7. The molecule has 0 heterocycles. The van der Waals surface area contributed by atoms with Gasteiger partial charge in [-0.25, -0.2) is 0 Å². The predicted octanol–water partition coefficient (Wildman–Crippen LogP) is 4.34. The number of hydrogen-bond acceptors (Lipinski definition) is 0. The Kier molecular flexibility index (Phi) is 21.4. The zero-order valence-electron chi connectivity index (χ0n) is 32.9. The molecule has 9 rings (SSSR count). The first-order valence-corrected chi connectivity index (χ1v) is 23.2. The van der Waals surface area contributed by atoms with Crippen molar-refractivity contribution < 1.29 is 44.9 Å². The van der Waals surface area contributed by atoms with Crippen molar-refractivity contribution in [1.29, 1.82) is 0 Å². The number of halogens is 2. The molecule has 0 atom stereocenters. The second-order valence-electron chi connectivity index (χ2n) is 13.0. The van der Waals surface area contributed by atoms with E-state index in [0.29, 0.717) is 0 Å². The van der Waals surface area contributed by atoms with Gasteiger partial charge in [0.1, 0.15) is 0 Å². The molecule has 0 nitrogen and oxygen atoms in total. The third-order valence-corrected chi connectivity index (χ3v) is 16.5. The Balaban J connectivity index is 0.000000194. The minimum Gasteiger partial charge on any atom is -1.00 e. The van der Waals surface area contributed by atoms with Crippen LogP contribution in [0.2, 0.25) is 0 Å². The van der Waals surface area contributed by atoms with Crippen LogP contribution in [-0.4, -0.2) is 0 Å². The van der Waals surface area contributed by atoms with E-state index in [4.69, 9.17) is 0 Å². The van der Waals surface area contributed by atoms with E-state index >= 15 is 0 Å². The predicted molar refractivity (Wildman–Crippen MR) is 255 cm³/mol. The number of hydrogen-bond donors (Lipinski definition) is 0. The van der Waals surface area contributed by atoms with Gasteiger partial charge in [-0.1, -0.05) is 273 Å². The fourth-order valence-electron chi connectivity index (χ4n) is 6.54. The minimum atomic E-state index is -0.446. The summed E-state index contributed by atoms with van der Waals surface area (Å²) in [7, 11) is -1.34. The van der Waals surface area contributed by atoms with Crippen molar-refractivity contribution in [3.8, 4) is 0 Å². The summed E-state index contributed by atoms with van der Waals surface area (Å²) < 4.78 is 0. The average Bonchev–Trinajstić information content (AvgIpc) is 3.30. The molecule has 1 radical (unpaired) electrons. The van der Waals surface area contributed by atoms with Crippen LogP contribution < -0.4 is 72.6 Å². The van der Waals surface area contributed by atoms with E-state index in [-0.39, 0.29) is 44.9 Å². The fourth-order valence-corrected chi connectivity index (χ4v) is 13.5. The van der Waals surface area contributed by atoms with Crippen LogP contribution in [0.25, 0.3) is 0 Å². The summed E-state index contributed by atoms with van der Waals surface area (Å²) in [4.78, 5) is 0. The molecule has 0 aromatic heterocycles. The Morgan fingerprint density at radius 3 is 0.317 bits per heavy atom. The third kappa shape index (κ3) is 13.8. The first-order chi connectivity index (χ1) is 28.3. The van der Waals surface area contributed by atoms with Crippen molar-refractivity contribution >= 4 is 71.5 Å². The summed E-state index contributed by atoms with van der Waals surface area (Å²) in [5, 5.41) is 12.6. The van der Waals surface area contributed by atoms with Crippen molar-refractivity contribution in [3.05, 3.63) is 273 Å². The van der Waals surface area contributed by atoms with Gasteiger partial charge in [0.25, 0.3) is 0 Å². The largest absolute Gasteiger partial charge is 1.00 e. The zero-order chi connectivity index (χ0) is 38.7. The molecule has 0 aliphatic heterocycles. The molecular formula is C54H45Cl2IrP3-2. The van der Waals surface area contributed by atoms with Gasteiger partial charge in [-0.3, -0.25) is 0 Å². The fraction of sp³-hybridized carbons (Fsp3) is 0. The molecule has 60 heavy (non-hydrogen) atoms. The van der Waals surface area contributed by atoms with Crippen molar-refractivity contribution in [2.24, 2.45) is 0 Å². The SMILES string of the molecule is [Cl-].[Cl-].[Ir].c1ccc(P(c2ccccc2)c2ccccc2)cc1.c1ccc(P(c2ccccc2)c2ccccc2)cc1.c1ccc(P(c2ccccc2)c2ccccc2)cc1. The van der Waals surface area contributed by atoms with E-state index in [0.717, 1.165) is 0 Å². The Hall–Kier alpha value is -4.50. The average molecular weight is 1050 g/mol. The first kappa shape index (κ1) is 48.2. The normalized spacial score (nSPS) is 10.1. The van der Waals surface area contributed by atoms with Crippen LogP contribution in [0.5, 0.6) is 0 Å². The molecule has 0 fully saturated rings. The summed E-state index contributed by atoms with van der Waals surface area (Å²) in [6.45, 7) is 0. The van der Waals surface area contributed by atoms with E-state index in [2.05, 4.69) is 273 Å². The molecule has 0 aliphatic carbocycles. The van der Waals surface area contributed by atoms with E-state index in [1.807, 2.05) is 0 Å². The van der Waals surface area contributed by atoms with Crippen LogP contribution in [0, 0.1) is 0 Å². The summed E-state index contributed by atoms with van der Waals surface area (Å²) in [6, 6.07) is 97.0. The quantitative estimate of drug-likeness (QED) is 0.189. The molecule has 0 saturated heterocycles. The molecule has 0 N–H and O–H groups in total. The van der Waals surface area contributed by atoms with Crippen LogP contribution in [0.4, 0.5) is 0 Å². The molecule has 0 spiro atoms. The number of benzene rings is 9. The summed E-state index contributed by atoms with van der Waals surface area (Å²) >= 11 is 0. The van der Waals surface area contributed by atoms with Gasteiger partial charge in [-0.15, -0.1) is 0 Å². The van der Waals surface area contributed by atoms with Crippen LogP contribution in [-0.2, 0) is 20.1 Å². The zero-order valence-corrected chi connectivity index (χ0v) is 39.5. The first-order valence-electron chi connectivity index (χ1n) is 19.2. The van der Waals surface area contributed by atoms with Gasteiger partial charge in [0.05, 0.1) is 0 Å². The van der Waals surface area contributed by atoms with Gasteiger partial charge in [-0.2, -0.15) is 0 Å². The molecular weight excluding hydrogens is 1000 g/mol. The molecule has 0 aliphatic rings. The standard InChI is InChI=1S/3C18H15P.2ClH.Ir/c3*1-4-10-16(11-5-1)19(17-12-6-2-7-13-17)18-14-8-3-9-15-18;;;/h3*1-15H;2*1H;/p-2. The maximum atomic E-state index is 2.23. The van der Waals surface area contributed by atoms with Gasteiger partial charge in [0, 0.05) is 20.1 Å². The second kappa shape index (κ2) is 26.7. The van der Waals surface area contributed by atoms with Gasteiger partial charge in [0.15, 0.2) is 0 Å². The molecule has 301 valence electrons. The molecule has 0 unspecified atom stereocenters. The molecule has 0 bridgehead atoms. The van der Waals surface area contributed by atoms with Crippen molar-refractivity contribution in [2.45, 2.75) is 0 Å². The molecule has 6 heteroatoms. The van der Waals surface area contributed by atoms with Crippen molar-refractivity contribution in [1.82, 2.24) is 0 Å². The Morgan fingerprint density at radius 2 is 0.233 bits per heavy atom. The summed E-state index contributed by atoms with van der Waals surface area (Å²) in [5.74, 6) is 0. The minimum absolute atomic E-state index is 0. The van der Waals surface area contributed by atoms with Crippen molar-refractivity contribution in [2.75, 3.05) is 0 Å². The number of rotatable bonds is 9. The monoisotopic (exact) mass is 1050 g/mol. The van der Waals surface area contributed by atoms with Crippen LogP contribution in [0.15, 0.2) is 273 Å². The van der Waals surface area contributed by atoms with Gasteiger partial charge in [0.2, 0.25) is 0 Å². The maximum absolute atomic E-state index is 2.23. The Morgan fingerprint density at radius 1 is 0.150 bits per heavy atom.